The number of nitrogens with one attached hydrogen (secondary N) is 1. The van der Waals surface area contributed by atoms with E-state index in [1.807, 2.05) is 50.2 Å². The van der Waals surface area contributed by atoms with E-state index in [0.29, 0.717) is 40.4 Å². The minimum Gasteiger partial charge on any atom is -0.322 e. The molecular weight excluding hydrogens is 408 g/mol. The number of carbonyl (C=O) groups excluding carboxylic acids is 2. The molecule has 1 atom stereocenters. The highest BCUT2D eigenvalue weighted by Gasteiger charge is 2.26. The third-order valence-corrected chi connectivity index (χ3v) is 6.93. The first-order chi connectivity index (χ1) is 15.0. The number of carbonyl (C=O) groups is 2. The molecule has 0 aliphatic carbocycles. The van der Waals surface area contributed by atoms with Gasteiger partial charge in [-0.2, -0.15) is 0 Å². The van der Waals surface area contributed by atoms with Gasteiger partial charge in [-0.1, -0.05) is 30.3 Å². The Morgan fingerprint density at radius 2 is 1.61 bits per heavy atom. The second-order valence-corrected chi connectivity index (χ2v) is 9.17. The fraction of sp³-hybridized carbons (Fsp3) is 0.200. The van der Waals surface area contributed by atoms with Gasteiger partial charge < -0.3 is 10.2 Å². The van der Waals surface area contributed by atoms with Gasteiger partial charge >= 0.3 is 0 Å². The molecule has 31 heavy (non-hydrogen) atoms. The van der Waals surface area contributed by atoms with Gasteiger partial charge in [0.05, 0.1) is 21.4 Å². The summed E-state index contributed by atoms with van der Waals surface area (Å²) in [6.45, 7) is 4.35. The van der Waals surface area contributed by atoms with Crippen LogP contribution in [-0.4, -0.2) is 28.3 Å². The molecule has 1 aliphatic heterocycles. The van der Waals surface area contributed by atoms with Gasteiger partial charge in [-0.25, -0.2) is 0 Å². The van der Waals surface area contributed by atoms with E-state index >= 15 is 0 Å². The maximum absolute atomic E-state index is 13.3. The summed E-state index contributed by atoms with van der Waals surface area (Å²) in [5.74, 6) is 0.229. The molecule has 0 bridgehead atoms. The number of amides is 2. The lowest BCUT2D eigenvalue weighted by molar-refractivity contribution is 0.0985. The summed E-state index contributed by atoms with van der Waals surface area (Å²) in [6, 6.07) is 20.0. The maximum Gasteiger partial charge on any atom is 0.258 e. The van der Waals surface area contributed by atoms with E-state index in [4.69, 9.17) is 0 Å². The molecule has 1 heterocycles. The van der Waals surface area contributed by atoms with Gasteiger partial charge in [0.15, 0.2) is 0 Å². The van der Waals surface area contributed by atoms with Crippen LogP contribution in [0.1, 0.15) is 38.3 Å². The van der Waals surface area contributed by atoms with Crippen LogP contribution in [0.4, 0.5) is 11.4 Å². The average molecular weight is 433 g/mol. The van der Waals surface area contributed by atoms with Crippen molar-refractivity contribution in [3.63, 3.8) is 0 Å². The molecule has 158 valence electrons. The lowest BCUT2D eigenvalue weighted by Crippen LogP contribution is -2.32. The van der Waals surface area contributed by atoms with Crippen LogP contribution in [0, 0.1) is 13.8 Å². The molecular formula is C25H24N2O3S. The van der Waals surface area contributed by atoms with Crippen LogP contribution in [0.25, 0.3) is 0 Å². The third kappa shape index (κ3) is 4.30. The van der Waals surface area contributed by atoms with E-state index in [1.54, 1.807) is 35.2 Å². The maximum atomic E-state index is 13.3. The van der Waals surface area contributed by atoms with E-state index < -0.39 is 10.8 Å². The molecule has 0 aromatic heterocycles. The fourth-order valence-corrected chi connectivity index (χ4v) is 5.15. The molecule has 0 spiro atoms. The Bertz CT molecular complexity index is 1170. The van der Waals surface area contributed by atoms with E-state index in [9.17, 15) is 13.8 Å². The van der Waals surface area contributed by atoms with Gasteiger partial charge in [0, 0.05) is 29.1 Å². The van der Waals surface area contributed by atoms with Crippen molar-refractivity contribution in [1.82, 2.24) is 0 Å². The second kappa shape index (κ2) is 8.86. The molecule has 6 heteroatoms. The Balaban J connectivity index is 1.57. The van der Waals surface area contributed by atoms with Crippen molar-refractivity contribution in [2.24, 2.45) is 0 Å². The molecule has 0 radical (unpaired) electrons. The smallest absolute Gasteiger partial charge is 0.258 e. The number of hydrogen-bond donors (Lipinski definition) is 1. The van der Waals surface area contributed by atoms with E-state index in [2.05, 4.69) is 5.32 Å². The molecule has 5 nitrogen and oxygen atoms in total. The Kier molecular flexibility index (Phi) is 6.00. The van der Waals surface area contributed by atoms with Crippen molar-refractivity contribution in [2.45, 2.75) is 25.2 Å². The number of aryl methyl sites for hydroxylation is 2. The minimum absolute atomic E-state index is 0.133. The van der Waals surface area contributed by atoms with Crippen molar-refractivity contribution in [3.8, 4) is 0 Å². The number of anilines is 2. The number of fused-ring (bicyclic) bond motifs is 1. The number of nitrogens with zero attached hydrogens (tertiary/aromatic N) is 1. The zero-order chi connectivity index (χ0) is 22.0. The van der Waals surface area contributed by atoms with Gasteiger partial charge in [0.1, 0.15) is 0 Å². The first kappa shape index (κ1) is 21.0. The lowest BCUT2D eigenvalue weighted by Gasteiger charge is -2.24. The van der Waals surface area contributed by atoms with Crippen molar-refractivity contribution < 1.29 is 13.8 Å². The summed E-state index contributed by atoms with van der Waals surface area (Å²) in [4.78, 5) is 28.3. The summed E-state index contributed by atoms with van der Waals surface area (Å²) >= 11 is 0. The van der Waals surface area contributed by atoms with Crippen LogP contribution in [-0.2, 0) is 10.8 Å². The number of benzene rings is 3. The highest BCUT2D eigenvalue weighted by Crippen LogP contribution is 2.32. The van der Waals surface area contributed by atoms with E-state index in [-0.39, 0.29) is 11.8 Å². The van der Waals surface area contributed by atoms with Crippen molar-refractivity contribution in [1.29, 1.82) is 0 Å². The summed E-state index contributed by atoms with van der Waals surface area (Å²) in [6.07, 6.45) is 0.678. The van der Waals surface area contributed by atoms with Gasteiger partial charge in [-0.3, -0.25) is 13.8 Å². The molecule has 3 aromatic carbocycles. The van der Waals surface area contributed by atoms with Crippen molar-refractivity contribution in [3.05, 3.63) is 89.0 Å². The van der Waals surface area contributed by atoms with Crippen molar-refractivity contribution in [2.75, 3.05) is 22.5 Å². The molecule has 1 aliphatic rings. The van der Waals surface area contributed by atoms with Crippen LogP contribution in [0.3, 0.4) is 0 Å². The van der Waals surface area contributed by atoms with Crippen LogP contribution in [0.2, 0.25) is 0 Å². The molecule has 2 amide bonds. The molecule has 0 saturated heterocycles. The normalized spacial score (nSPS) is 15.7. The number of hydrogen-bond acceptors (Lipinski definition) is 3. The SMILES string of the molecule is Cc1ccccc1C(=O)Nc1ccc(C(=O)N2CCC[S@@](=O)c3cccc(C)c32)cc1. The summed E-state index contributed by atoms with van der Waals surface area (Å²) in [7, 11) is -1.11. The Labute approximate surface area is 184 Å². The zero-order valence-corrected chi connectivity index (χ0v) is 18.4. The number of rotatable bonds is 3. The highest BCUT2D eigenvalue weighted by molar-refractivity contribution is 7.85. The Hall–Kier alpha value is -3.25. The monoisotopic (exact) mass is 432 g/mol. The first-order valence-electron chi connectivity index (χ1n) is 10.2. The van der Waals surface area contributed by atoms with Crippen LogP contribution in [0.15, 0.2) is 71.6 Å². The predicted octanol–water partition coefficient (Wildman–Crippen LogP) is 4.71. The van der Waals surface area contributed by atoms with Gasteiger partial charge in [0.25, 0.3) is 11.8 Å². The van der Waals surface area contributed by atoms with E-state index in [0.717, 1.165) is 16.8 Å². The standard InChI is InChI=1S/C25H24N2O3S/c1-17-7-3-4-9-21(17)24(28)26-20-13-11-19(12-14-20)25(29)27-15-6-16-31(30)22-10-5-8-18(2)23(22)27/h3-5,7-14H,6,15-16H2,1-2H3,(H,26,28)/t31-/m1/s1. The van der Waals surface area contributed by atoms with Crippen LogP contribution >= 0.6 is 0 Å². The molecule has 0 unspecified atom stereocenters. The molecule has 4 rings (SSSR count). The molecule has 0 fully saturated rings. The first-order valence-corrected chi connectivity index (χ1v) is 11.5. The van der Waals surface area contributed by atoms with E-state index in [1.165, 1.54) is 0 Å². The zero-order valence-electron chi connectivity index (χ0n) is 17.6. The highest BCUT2D eigenvalue weighted by atomic mass is 32.2. The predicted molar refractivity (Wildman–Crippen MR) is 124 cm³/mol. The quantitative estimate of drug-likeness (QED) is 0.652. The Morgan fingerprint density at radius 3 is 2.35 bits per heavy atom. The largest absolute Gasteiger partial charge is 0.322 e. The van der Waals surface area contributed by atoms with Gasteiger partial charge in [0.2, 0.25) is 0 Å². The topological polar surface area (TPSA) is 66.5 Å². The molecule has 0 saturated carbocycles. The molecule has 3 aromatic rings. The Morgan fingerprint density at radius 1 is 0.903 bits per heavy atom. The van der Waals surface area contributed by atoms with Crippen LogP contribution < -0.4 is 10.2 Å². The van der Waals surface area contributed by atoms with Gasteiger partial charge in [-0.15, -0.1) is 0 Å². The minimum atomic E-state index is -1.11. The summed E-state index contributed by atoms with van der Waals surface area (Å²) in [5, 5.41) is 2.88. The molecule has 1 N–H and O–H groups in total. The second-order valence-electron chi connectivity index (χ2n) is 7.63. The number of para-hydroxylation sites is 1. The van der Waals surface area contributed by atoms with Crippen LogP contribution in [0.5, 0.6) is 0 Å². The summed E-state index contributed by atoms with van der Waals surface area (Å²) in [5.41, 5.74) is 4.35. The third-order valence-electron chi connectivity index (χ3n) is 5.45. The van der Waals surface area contributed by atoms with Crippen molar-refractivity contribution >= 4 is 34.0 Å². The van der Waals surface area contributed by atoms with Gasteiger partial charge in [-0.05, 0) is 67.8 Å². The average Bonchev–Trinajstić information content (AvgIpc) is 2.94. The fourth-order valence-electron chi connectivity index (χ4n) is 3.82. The summed E-state index contributed by atoms with van der Waals surface area (Å²) < 4.78 is 12.6. The lowest BCUT2D eigenvalue weighted by atomic mass is 10.1.